The molecule has 118 valence electrons. The Morgan fingerprint density at radius 3 is 2.64 bits per heavy atom. The van der Waals surface area contributed by atoms with Gasteiger partial charge in [-0.25, -0.2) is 0 Å². The molecule has 2 aliphatic rings. The summed E-state index contributed by atoms with van der Waals surface area (Å²) in [6.07, 6.45) is 0.0398. The van der Waals surface area contributed by atoms with Crippen molar-refractivity contribution < 1.29 is 19.4 Å². The van der Waals surface area contributed by atoms with Gasteiger partial charge in [0.1, 0.15) is 0 Å². The Labute approximate surface area is 133 Å². The molecule has 0 aromatic heterocycles. The van der Waals surface area contributed by atoms with Gasteiger partial charge in [0.2, 0.25) is 5.91 Å². The second-order valence-electron chi connectivity index (χ2n) is 5.48. The van der Waals surface area contributed by atoms with Crippen molar-refractivity contribution in [2.24, 2.45) is 5.92 Å². The van der Waals surface area contributed by atoms with Crippen LogP contribution in [0.1, 0.15) is 6.42 Å². The zero-order valence-corrected chi connectivity index (χ0v) is 12.8. The fourth-order valence-corrected chi connectivity index (χ4v) is 3.14. The molecule has 0 radical (unpaired) electrons. The van der Waals surface area contributed by atoms with Crippen molar-refractivity contribution in [3.05, 3.63) is 23.2 Å². The second kappa shape index (κ2) is 6.14. The minimum atomic E-state index is -0.938. The van der Waals surface area contributed by atoms with Gasteiger partial charge in [0.05, 0.1) is 29.8 Å². The summed E-state index contributed by atoms with van der Waals surface area (Å²) in [5.41, 5.74) is 1.56. The van der Waals surface area contributed by atoms with E-state index in [0.29, 0.717) is 23.9 Å². The zero-order chi connectivity index (χ0) is 15.7. The van der Waals surface area contributed by atoms with Crippen LogP contribution in [0.4, 0.5) is 11.4 Å². The Morgan fingerprint density at radius 1 is 1.32 bits per heavy atom. The first-order valence-corrected chi connectivity index (χ1v) is 7.59. The summed E-state index contributed by atoms with van der Waals surface area (Å²) in [7, 11) is 0. The molecule has 0 aliphatic carbocycles. The lowest BCUT2D eigenvalue weighted by Gasteiger charge is -2.30. The van der Waals surface area contributed by atoms with Crippen LogP contribution in [0.25, 0.3) is 0 Å². The number of nitrogens with zero attached hydrogens (tertiary/aromatic N) is 2. The SMILES string of the molecule is O=C(O)C1CC(=O)N(c2ccc(N3CCOCC3)c(Cl)c2)C1. The van der Waals surface area contributed by atoms with Crippen LogP contribution in [0, 0.1) is 5.92 Å². The van der Waals surface area contributed by atoms with Gasteiger partial charge < -0.3 is 19.6 Å². The van der Waals surface area contributed by atoms with Gasteiger partial charge in [0.25, 0.3) is 0 Å². The molecule has 7 heteroatoms. The van der Waals surface area contributed by atoms with Gasteiger partial charge in [-0.15, -0.1) is 0 Å². The molecule has 6 nitrogen and oxygen atoms in total. The Bertz CT molecular complexity index is 601. The van der Waals surface area contributed by atoms with E-state index in [0.717, 1.165) is 18.8 Å². The summed E-state index contributed by atoms with van der Waals surface area (Å²) in [6.45, 7) is 3.10. The van der Waals surface area contributed by atoms with Gasteiger partial charge in [-0.3, -0.25) is 9.59 Å². The maximum Gasteiger partial charge on any atom is 0.308 e. The van der Waals surface area contributed by atoms with Crippen LogP contribution < -0.4 is 9.80 Å². The molecule has 2 saturated heterocycles. The number of halogens is 1. The number of carbonyl (C=O) groups excluding carboxylic acids is 1. The number of morpholine rings is 1. The van der Waals surface area contributed by atoms with Gasteiger partial charge in [0.15, 0.2) is 0 Å². The summed E-state index contributed by atoms with van der Waals surface area (Å²) in [6, 6.07) is 5.43. The highest BCUT2D eigenvalue weighted by Crippen LogP contribution is 2.33. The molecule has 0 spiro atoms. The van der Waals surface area contributed by atoms with Gasteiger partial charge in [-0.05, 0) is 18.2 Å². The number of hydrogen-bond donors (Lipinski definition) is 1. The molecular formula is C15H17ClN2O4. The molecule has 1 aromatic rings. The average molecular weight is 325 g/mol. The van der Waals surface area contributed by atoms with Crippen LogP contribution >= 0.6 is 11.6 Å². The van der Waals surface area contributed by atoms with Gasteiger partial charge in [0, 0.05) is 31.7 Å². The first kappa shape index (κ1) is 15.1. The monoisotopic (exact) mass is 324 g/mol. The van der Waals surface area contributed by atoms with Crippen molar-refractivity contribution in [3.63, 3.8) is 0 Å². The fourth-order valence-electron chi connectivity index (χ4n) is 2.85. The van der Waals surface area contributed by atoms with Crippen LogP contribution in [-0.4, -0.2) is 49.8 Å². The number of carboxylic acids is 1. The molecule has 2 aliphatic heterocycles. The molecule has 1 aromatic carbocycles. The molecule has 0 saturated carbocycles. The van der Waals surface area contributed by atoms with E-state index >= 15 is 0 Å². The van der Waals surface area contributed by atoms with E-state index in [1.165, 1.54) is 4.90 Å². The summed E-state index contributed by atoms with van der Waals surface area (Å²) in [5, 5.41) is 9.60. The molecule has 1 N–H and O–H groups in total. The fraction of sp³-hybridized carbons (Fsp3) is 0.467. The van der Waals surface area contributed by atoms with E-state index in [4.69, 9.17) is 21.4 Å². The minimum Gasteiger partial charge on any atom is -0.481 e. The number of hydrogen-bond acceptors (Lipinski definition) is 4. The third-order valence-electron chi connectivity index (χ3n) is 4.07. The summed E-state index contributed by atoms with van der Waals surface area (Å²) in [4.78, 5) is 26.6. The standard InChI is InChI=1S/C15H17ClN2O4/c16-12-8-11(18-9-10(15(20)21)7-14(18)19)1-2-13(12)17-3-5-22-6-4-17/h1-2,8,10H,3-7,9H2,(H,20,21). The van der Waals surface area contributed by atoms with E-state index in [2.05, 4.69) is 4.90 Å². The summed E-state index contributed by atoms with van der Waals surface area (Å²) < 4.78 is 5.32. The van der Waals surface area contributed by atoms with Crippen LogP contribution in [0.15, 0.2) is 18.2 Å². The predicted molar refractivity (Wildman–Crippen MR) is 82.6 cm³/mol. The first-order chi connectivity index (χ1) is 10.6. The van der Waals surface area contributed by atoms with Crippen molar-refractivity contribution in [3.8, 4) is 0 Å². The highest BCUT2D eigenvalue weighted by Gasteiger charge is 2.35. The van der Waals surface area contributed by atoms with E-state index in [9.17, 15) is 9.59 Å². The molecule has 22 heavy (non-hydrogen) atoms. The second-order valence-corrected chi connectivity index (χ2v) is 5.89. The lowest BCUT2D eigenvalue weighted by molar-refractivity contribution is -0.141. The van der Waals surface area contributed by atoms with Crippen LogP contribution in [-0.2, 0) is 14.3 Å². The van der Waals surface area contributed by atoms with Gasteiger partial charge >= 0.3 is 5.97 Å². The Hall–Kier alpha value is -1.79. The van der Waals surface area contributed by atoms with E-state index in [-0.39, 0.29) is 18.9 Å². The number of benzene rings is 1. The molecule has 2 fully saturated rings. The third kappa shape index (κ3) is 2.89. The lowest BCUT2D eigenvalue weighted by Crippen LogP contribution is -2.36. The Balaban J connectivity index is 1.80. The summed E-state index contributed by atoms with van der Waals surface area (Å²) >= 11 is 6.35. The number of carbonyl (C=O) groups is 2. The van der Waals surface area contributed by atoms with E-state index in [1.807, 2.05) is 12.1 Å². The number of aliphatic carboxylic acids is 1. The number of ether oxygens (including phenoxy) is 1. The smallest absolute Gasteiger partial charge is 0.308 e. The number of amides is 1. The van der Waals surface area contributed by atoms with Gasteiger partial charge in [-0.2, -0.15) is 0 Å². The Morgan fingerprint density at radius 2 is 2.05 bits per heavy atom. The number of rotatable bonds is 3. The number of carboxylic acid groups (broad SMARTS) is 1. The van der Waals surface area contributed by atoms with Crippen molar-refractivity contribution in [2.75, 3.05) is 42.6 Å². The van der Waals surface area contributed by atoms with Crippen LogP contribution in [0.2, 0.25) is 5.02 Å². The van der Waals surface area contributed by atoms with E-state index in [1.54, 1.807) is 6.07 Å². The van der Waals surface area contributed by atoms with Crippen molar-refractivity contribution in [1.82, 2.24) is 0 Å². The first-order valence-electron chi connectivity index (χ1n) is 7.21. The Kier molecular flexibility index (Phi) is 4.22. The van der Waals surface area contributed by atoms with Crippen molar-refractivity contribution in [1.29, 1.82) is 0 Å². The van der Waals surface area contributed by atoms with Crippen LogP contribution in [0.3, 0.4) is 0 Å². The van der Waals surface area contributed by atoms with Gasteiger partial charge in [-0.1, -0.05) is 11.6 Å². The molecule has 2 heterocycles. The number of anilines is 2. The van der Waals surface area contributed by atoms with Crippen molar-refractivity contribution >= 4 is 34.9 Å². The molecular weight excluding hydrogens is 308 g/mol. The topological polar surface area (TPSA) is 70.1 Å². The maximum atomic E-state index is 12.0. The lowest BCUT2D eigenvalue weighted by atomic mass is 10.1. The highest BCUT2D eigenvalue weighted by atomic mass is 35.5. The molecule has 1 atom stereocenters. The third-order valence-corrected chi connectivity index (χ3v) is 4.37. The highest BCUT2D eigenvalue weighted by molar-refractivity contribution is 6.33. The molecule has 1 unspecified atom stereocenters. The summed E-state index contributed by atoms with van der Waals surface area (Å²) in [5.74, 6) is -1.76. The minimum absolute atomic E-state index is 0.0398. The quantitative estimate of drug-likeness (QED) is 0.915. The average Bonchev–Trinajstić information content (AvgIpc) is 2.90. The largest absolute Gasteiger partial charge is 0.481 e. The normalized spacial score (nSPS) is 22.2. The molecule has 3 rings (SSSR count). The van der Waals surface area contributed by atoms with E-state index < -0.39 is 11.9 Å². The van der Waals surface area contributed by atoms with Crippen LogP contribution in [0.5, 0.6) is 0 Å². The molecule has 1 amide bonds. The zero-order valence-electron chi connectivity index (χ0n) is 12.0. The molecule has 0 bridgehead atoms. The van der Waals surface area contributed by atoms with Crippen molar-refractivity contribution in [2.45, 2.75) is 6.42 Å². The maximum absolute atomic E-state index is 12.0. The predicted octanol–water partition coefficient (Wildman–Crippen LogP) is 1.61.